The van der Waals surface area contributed by atoms with Crippen molar-refractivity contribution in [3.8, 4) is 0 Å². The van der Waals surface area contributed by atoms with E-state index in [2.05, 4.69) is 5.32 Å². The Hall–Kier alpha value is -1.60. The first-order chi connectivity index (χ1) is 10.7. The highest BCUT2D eigenvalue weighted by atomic mass is 35.5. The van der Waals surface area contributed by atoms with Crippen molar-refractivity contribution in [1.29, 1.82) is 0 Å². The number of carbonyl (C=O) groups is 2. The van der Waals surface area contributed by atoms with Crippen LogP contribution in [0.5, 0.6) is 0 Å². The summed E-state index contributed by atoms with van der Waals surface area (Å²) in [6.45, 7) is 1.58. The Morgan fingerprint density at radius 1 is 1.30 bits per heavy atom. The van der Waals surface area contributed by atoms with Gasteiger partial charge in [0.25, 0.3) is 0 Å². The van der Waals surface area contributed by atoms with Crippen LogP contribution in [0, 0.1) is 0 Å². The van der Waals surface area contributed by atoms with Crippen LogP contribution >= 0.6 is 11.6 Å². The minimum absolute atomic E-state index is 0.0318. The largest absolute Gasteiger partial charge is 0.351 e. The van der Waals surface area contributed by atoms with Crippen molar-refractivity contribution in [2.24, 2.45) is 0 Å². The number of halogens is 1. The number of carbonyl (C=O) groups excluding carboxylic acids is 2. The number of sulfone groups is 1. The predicted octanol–water partition coefficient (Wildman–Crippen LogP) is 0.992. The van der Waals surface area contributed by atoms with Crippen molar-refractivity contribution in [3.63, 3.8) is 0 Å². The molecule has 1 fully saturated rings. The molecule has 1 saturated heterocycles. The van der Waals surface area contributed by atoms with E-state index in [1.165, 1.54) is 11.8 Å². The van der Waals surface area contributed by atoms with Crippen molar-refractivity contribution < 1.29 is 18.0 Å². The Labute approximate surface area is 140 Å². The van der Waals surface area contributed by atoms with E-state index in [0.717, 1.165) is 5.56 Å². The molecule has 1 aromatic carbocycles. The normalized spacial score (nSPS) is 19.3. The molecule has 126 valence electrons. The Balaban J connectivity index is 1.92. The molecule has 1 N–H and O–H groups in total. The van der Waals surface area contributed by atoms with Crippen molar-refractivity contribution >= 4 is 33.3 Å². The van der Waals surface area contributed by atoms with Gasteiger partial charge in [0.15, 0.2) is 9.84 Å². The molecule has 2 amide bonds. The number of hydrogen-bond acceptors (Lipinski definition) is 4. The second kappa shape index (κ2) is 7.31. The molecule has 1 aliphatic rings. The first-order valence-corrected chi connectivity index (χ1v) is 9.45. The molecular formula is C15H19ClN2O4S. The zero-order valence-corrected chi connectivity index (χ0v) is 14.4. The molecule has 1 unspecified atom stereocenters. The SMILES string of the molecule is CC(=O)N(CC(=O)NC1CCS(=O)(=O)C1)Cc1ccc(Cl)cc1. The molecule has 0 saturated carbocycles. The molecular weight excluding hydrogens is 340 g/mol. The van der Waals surface area contributed by atoms with Crippen molar-refractivity contribution in [2.45, 2.75) is 25.9 Å². The van der Waals surface area contributed by atoms with Crippen LogP contribution in [-0.2, 0) is 26.0 Å². The maximum absolute atomic E-state index is 12.0. The summed E-state index contributed by atoms with van der Waals surface area (Å²) in [7, 11) is -3.05. The third kappa shape index (κ3) is 5.51. The van der Waals surface area contributed by atoms with Gasteiger partial charge >= 0.3 is 0 Å². The van der Waals surface area contributed by atoms with Crippen LogP contribution in [0.25, 0.3) is 0 Å². The summed E-state index contributed by atoms with van der Waals surface area (Å²) in [4.78, 5) is 25.2. The fraction of sp³-hybridized carbons (Fsp3) is 0.467. The molecule has 6 nitrogen and oxygen atoms in total. The number of rotatable bonds is 5. The Morgan fingerprint density at radius 2 is 1.96 bits per heavy atom. The first-order valence-electron chi connectivity index (χ1n) is 7.25. The second-order valence-corrected chi connectivity index (χ2v) is 8.33. The highest BCUT2D eigenvalue weighted by Gasteiger charge is 2.29. The molecule has 0 radical (unpaired) electrons. The quantitative estimate of drug-likeness (QED) is 0.850. The lowest BCUT2D eigenvalue weighted by Crippen LogP contribution is -2.43. The number of hydrogen-bond donors (Lipinski definition) is 1. The monoisotopic (exact) mass is 358 g/mol. The number of nitrogens with zero attached hydrogens (tertiary/aromatic N) is 1. The molecule has 0 bridgehead atoms. The van der Waals surface area contributed by atoms with Gasteiger partial charge in [-0.05, 0) is 24.1 Å². The van der Waals surface area contributed by atoms with E-state index >= 15 is 0 Å². The fourth-order valence-electron chi connectivity index (χ4n) is 2.44. The Morgan fingerprint density at radius 3 is 2.48 bits per heavy atom. The van der Waals surface area contributed by atoms with Gasteiger partial charge in [-0.2, -0.15) is 0 Å². The van der Waals surface area contributed by atoms with Gasteiger partial charge in [-0.25, -0.2) is 8.42 Å². The smallest absolute Gasteiger partial charge is 0.239 e. The molecule has 2 rings (SSSR count). The molecule has 1 atom stereocenters. The summed E-state index contributed by atoms with van der Waals surface area (Å²) in [5.74, 6) is -0.514. The molecule has 1 aromatic rings. The van der Waals surface area contributed by atoms with Crippen molar-refractivity contribution in [2.75, 3.05) is 18.1 Å². The van der Waals surface area contributed by atoms with E-state index in [1.54, 1.807) is 24.3 Å². The van der Waals surface area contributed by atoms with Crippen molar-refractivity contribution in [1.82, 2.24) is 10.2 Å². The summed E-state index contributed by atoms with van der Waals surface area (Å²) in [6.07, 6.45) is 0.422. The number of nitrogens with one attached hydrogen (secondary N) is 1. The minimum atomic E-state index is -3.05. The summed E-state index contributed by atoms with van der Waals surface area (Å²) >= 11 is 5.82. The van der Waals surface area contributed by atoms with Crippen LogP contribution in [0.2, 0.25) is 5.02 Å². The molecule has 0 spiro atoms. The van der Waals surface area contributed by atoms with E-state index in [9.17, 15) is 18.0 Å². The number of amides is 2. The van der Waals surface area contributed by atoms with E-state index in [4.69, 9.17) is 11.6 Å². The lowest BCUT2D eigenvalue weighted by molar-refractivity contribution is -0.135. The van der Waals surface area contributed by atoms with E-state index in [1.807, 2.05) is 0 Å². The third-order valence-electron chi connectivity index (χ3n) is 3.66. The molecule has 0 aromatic heterocycles. The van der Waals surface area contributed by atoms with Gasteiger partial charge in [0.05, 0.1) is 18.1 Å². The summed E-state index contributed by atoms with van der Waals surface area (Å²) < 4.78 is 22.8. The van der Waals surface area contributed by atoms with Crippen LogP contribution < -0.4 is 5.32 Å². The van der Waals surface area contributed by atoms with Gasteiger partial charge in [-0.1, -0.05) is 23.7 Å². The lowest BCUT2D eigenvalue weighted by atomic mass is 10.2. The van der Waals surface area contributed by atoms with E-state index in [-0.39, 0.29) is 35.9 Å². The Kier molecular flexibility index (Phi) is 5.64. The second-order valence-electron chi connectivity index (χ2n) is 5.67. The lowest BCUT2D eigenvalue weighted by Gasteiger charge is -2.21. The molecule has 23 heavy (non-hydrogen) atoms. The van der Waals surface area contributed by atoms with Gasteiger partial charge < -0.3 is 10.2 Å². The van der Waals surface area contributed by atoms with Gasteiger partial charge in [-0.15, -0.1) is 0 Å². The highest BCUT2D eigenvalue weighted by Crippen LogP contribution is 2.13. The molecule has 1 heterocycles. The predicted molar refractivity (Wildman–Crippen MR) is 87.7 cm³/mol. The van der Waals surface area contributed by atoms with E-state index < -0.39 is 9.84 Å². The zero-order chi connectivity index (χ0) is 17.0. The highest BCUT2D eigenvalue weighted by molar-refractivity contribution is 7.91. The van der Waals surface area contributed by atoms with Crippen LogP contribution in [0.3, 0.4) is 0 Å². The number of benzene rings is 1. The zero-order valence-electron chi connectivity index (χ0n) is 12.8. The van der Waals surface area contributed by atoms with Gasteiger partial charge in [0.1, 0.15) is 0 Å². The average molecular weight is 359 g/mol. The van der Waals surface area contributed by atoms with Crippen molar-refractivity contribution in [3.05, 3.63) is 34.9 Å². The van der Waals surface area contributed by atoms with Gasteiger partial charge in [0.2, 0.25) is 11.8 Å². The van der Waals surface area contributed by atoms with Crippen LogP contribution in [0.1, 0.15) is 18.9 Å². The minimum Gasteiger partial charge on any atom is -0.351 e. The summed E-state index contributed by atoms with van der Waals surface area (Å²) in [5.41, 5.74) is 0.862. The maximum atomic E-state index is 12.0. The fourth-order valence-corrected chi connectivity index (χ4v) is 4.24. The Bertz CT molecular complexity index is 688. The van der Waals surface area contributed by atoms with Crippen LogP contribution in [-0.4, -0.2) is 49.2 Å². The average Bonchev–Trinajstić information content (AvgIpc) is 2.79. The molecule has 8 heteroatoms. The van der Waals surface area contributed by atoms with E-state index in [0.29, 0.717) is 18.0 Å². The third-order valence-corrected chi connectivity index (χ3v) is 5.68. The first kappa shape index (κ1) is 17.7. The van der Waals surface area contributed by atoms with Gasteiger partial charge in [0, 0.05) is 24.5 Å². The molecule has 0 aliphatic carbocycles. The van der Waals surface area contributed by atoms with Crippen LogP contribution in [0.4, 0.5) is 0 Å². The topological polar surface area (TPSA) is 83.6 Å². The standard InChI is InChI=1S/C15H19ClN2O4S/c1-11(19)18(8-12-2-4-13(16)5-3-12)9-15(20)17-14-6-7-23(21,22)10-14/h2-5,14H,6-10H2,1H3,(H,17,20). The molecule has 1 aliphatic heterocycles. The summed E-state index contributed by atoms with van der Waals surface area (Å²) in [5, 5.41) is 3.28. The van der Waals surface area contributed by atoms with Crippen LogP contribution in [0.15, 0.2) is 24.3 Å². The summed E-state index contributed by atoms with van der Waals surface area (Å²) in [6, 6.07) is 6.66. The maximum Gasteiger partial charge on any atom is 0.239 e. The van der Waals surface area contributed by atoms with Gasteiger partial charge in [-0.3, -0.25) is 9.59 Å².